The van der Waals surface area contributed by atoms with E-state index in [0.717, 1.165) is 30.4 Å². The summed E-state index contributed by atoms with van der Waals surface area (Å²) in [5.41, 5.74) is 3.30. The number of hydrogen-bond donors (Lipinski definition) is 3. The molecule has 142 valence electrons. The molecule has 0 spiro atoms. The molecule has 3 N–H and O–H groups in total. The fourth-order valence-corrected chi connectivity index (χ4v) is 3.16. The number of carbonyl (C=O) groups excluding carboxylic acids is 1. The van der Waals surface area contributed by atoms with Crippen molar-refractivity contribution in [2.45, 2.75) is 12.8 Å². The molecule has 1 aromatic heterocycles. The highest BCUT2D eigenvalue weighted by Crippen LogP contribution is 2.19. The highest BCUT2D eigenvalue weighted by Gasteiger charge is 2.08. The largest absolute Gasteiger partial charge is 0.465 e. The lowest BCUT2D eigenvalue weighted by Crippen LogP contribution is -2.17. The summed E-state index contributed by atoms with van der Waals surface area (Å²) in [4.78, 5) is 31.0. The zero-order valence-electron chi connectivity index (χ0n) is 14.8. The molecular weight excluding hydrogens is 376 g/mol. The molecule has 3 aromatic rings. The predicted octanol–water partition coefficient (Wildman–Crippen LogP) is 4.11. The van der Waals surface area contributed by atoms with Crippen molar-refractivity contribution >= 4 is 40.5 Å². The molecule has 8 heteroatoms. The number of aliphatic imine (C=N–C) groups is 1. The Balaban J connectivity index is 1.51. The maximum Gasteiger partial charge on any atom is 0.409 e. The molecule has 28 heavy (non-hydrogen) atoms. The molecule has 2 aromatic carbocycles. The number of benzene rings is 2. The van der Waals surface area contributed by atoms with E-state index in [1.54, 1.807) is 12.1 Å². The molecule has 0 bridgehead atoms. The van der Waals surface area contributed by atoms with Gasteiger partial charge in [-0.05, 0) is 42.7 Å². The van der Waals surface area contributed by atoms with E-state index in [4.69, 9.17) is 5.11 Å². The third-order valence-electron chi connectivity index (χ3n) is 3.82. The molecule has 0 fully saturated rings. The molecule has 2 amide bonds. The summed E-state index contributed by atoms with van der Waals surface area (Å²) in [5, 5.41) is 15.9. The smallest absolute Gasteiger partial charge is 0.409 e. The molecule has 0 radical (unpaired) electrons. The highest BCUT2D eigenvalue weighted by atomic mass is 32.1. The zero-order valence-corrected chi connectivity index (χ0v) is 15.6. The summed E-state index contributed by atoms with van der Waals surface area (Å²) < 4.78 is 0. The SMILES string of the molecule is O=C(O)NC=Nc1ccc(CCc2csc(NC(=O)c3ccccc3)n2)cc1. The summed E-state index contributed by atoms with van der Waals surface area (Å²) in [6, 6.07) is 16.6. The number of rotatable bonds is 7. The van der Waals surface area contributed by atoms with Gasteiger partial charge in [0.25, 0.3) is 5.91 Å². The van der Waals surface area contributed by atoms with E-state index in [0.29, 0.717) is 16.4 Å². The Morgan fingerprint density at radius 3 is 2.54 bits per heavy atom. The Labute approximate surface area is 165 Å². The molecule has 0 aliphatic heterocycles. The molecule has 3 rings (SSSR count). The topological polar surface area (TPSA) is 104 Å². The van der Waals surface area contributed by atoms with Crippen LogP contribution in [0.3, 0.4) is 0 Å². The summed E-state index contributed by atoms with van der Waals surface area (Å²) in [6.07, 6.45) is 1.54. The van der Waals surface area contributed by atoms with Crippen molar-refractivity contribution in [1.82, 2.24) is 10.3 Å². The zero-order chi connectivity index (χ0) is 19.8. The van der Waals surface area contributed by atoms with Gasteiger partial charge in [0.15, 0.2) is 5.13 Å². The van der Waals surface area contributed by atoms with Crippen molar-refractivity contribution in [2.24, 2.45) is 4.99 Å². The first-order chi connectivity index (χ1) is 13.6. The fraction of sp³-hybridized carbons (Fsp3) is 0.100. The normalized spacial score (nSPS) is 10.7. The van der Waals surface area contributed by atoms with Crippen LogP contribution in [0.2, 0.25) is 0 Å². The second kappa shape index (κ2) is 9.43. The minimum atomic E-state index is -1.15. The Kier molecular flexibility index (Phi) is 6.48. The van der Waals surface area contributed by atoms with Crippen LogP contribution in [0.1, 0.15) is 21.6 Å². The number of aryl methyl sites for hydroxylation is 2. The second-order valence-electron chi connectivity index (χ2n) is 5.84. The van der Waals surface area contributed by atoms with Gasteiger partial charge >= 0.3 is 6.09 Å². The van der Waals surface area contributed by atoms with Crippen LogP contribution in [0.15, 0.2) is 65.0 Å². The van der Waals surface area contributed by atoms with Crippen molar-refractivity contribution in [2.75, 3.05) is 5.32 Å². The van der Waals surface area contributed by atoms with Gasteiger partial charge in [-0.3, -0.25) is 15.4 Å². The Bertz CT molecular complexity index is 969. The first-order valence-corrected chi connectivity index (χ1v) is 9.40. The van der Waals surface area contributed by atoms with Crippen LogP contribution in [0.25, 0.3) is 0 Å². The van der Waals surface area contributed by atoms with E-state index in [1.165, 1.54) is 11.3 Å². The van der Waals surface area contributed by atoms with Gasteiger partial charge in [-0.15, -0.1) is 11.3 Å². The van der Waals surface area contributed by atoms with Crippen molar-refractivity contribution in [1.29, 1.82) is 0 Å². The minimum absolute atomic E-state index is 0.171. The van der Waals surface area contributed by atoms with Gasteiger partial charge in [0, 0.05) is 10.9 Å². The van der Waals surface area contributed by atoms with Crippen molar-refractivity contribution in [3.63, 3.8) is 0 Å². The summed E-state index contributed by atoms with van der Waals surface area (Å²) >= 11 is 1.40. The minimum Gasteiger partial charge on any atom is -0.465 e. The van der Waals surface area contributed by atoms with Crippen LogP contribution in [-0.2, 0) is 12.8 Å². The van der Waals surface area contributed by atoms with Crippen LogP contribution in [0.4, 0.5) is 15.6 Å². The van der Waals surface area contributed by atoms with Crippen molar-refractivity contribution in [3.05, 3.63) is 76.8 Å². The van der Waals surface area contributed by atoms with Crippen LogP contribution in [0, 0.1) is 0 Å². The van der Waals surface area contributed by atoms with Crippen molar-refractivity contribution in [3.8, 4) is 0 Å². The van der Waals surface area contributed by atoms with Crippen LogP contribution in [-0.4, -0.2) is 28.4 Å². The first-order valence-electron chi connectivity index (χ1n) is 8.52. The third kappa shape index (κ3) is 5.75. The van der Waals surface area contributed by atoms with Crippen LogP contribution < -0.4 is 10.6 Å². The fourth-order valence-electron chi connectivity index (χ4n) is 2.42. The molecule has 0 aliphatic carbocycles. The molecule has 1 heterocycles. The van der Waals surface area contributed by atoms with E-state index < -0.39 is 6.09 Å². The Morgan fingerprint density at radius 1 is 1.07 bits per heavy atom. The lowest BCUT2D eigenvalue weighted by Gasteiger charge is -2.02. The first kappa shape index (κ1) is 19.2. The maximum absolute atomic E-state index is 12.2. The van der Waals surface area contributed by atoms with Crippen LogP contribution in [0.5, 0.6) is 0 Å². The number of carboxylic acid groups (broad SMARTS) is 1. The van der Waals surface area contributed by atoms with Crippen molar-refractivity contribution < 1.29 is 14.7 Å². The van der Waals surface area contributed by atoms with Crippen LogP contribution >= 0.6 is 11.3 Å². The second-order valence-corrected chi connectivity index (χ2v) is 6.70. The molecule has 0 saturated carbocycles. The maximum atomic E-state index is 12.2. The van der Waals surface area contributed by atoms with Gasteiger partial charge in [0.05, 0.1) is 17.7 Å². The number of nitrogens with one attached hydrogen (secondary N) is 2. The molecule has 7 nitrogen and oxygen atoms in total. The van der Waals surface area contributed by atoms with E-state index in [2.05, 4.69) is 20.6 Å². The number of anilines is 1. The average molecular weight is 394 g/mol. The third-order valence-corrected chi connectivity index (χ3v) is 4.62. The summed E-state index contributed by atoms with van der Waals surface area (Å²) in [5.74, 6) is -0.171. The Morgan fingerprint density at radius 2 is 1.82 bits per heavy atom. The van der Waals surface area contributed by atoms with Gasteiger partial charge in [-0.2, -0.15) is 0 Å². The van der Waals surface area contributed by atoms with Gasteiger partial charge in [0.2, 0.25) is 0 Å². The van der Waals surface area contributed by atoms with E-state index >= 15 is 0 Å². The highest BCUT2D eigenvalue weighted by molar-refractivity contribution is 7.14. The summed E-state index contributed by atoms with van der Waals surface area (Å²) in [7, 11) is 0. The molecule has 0 unspecified atom stereocenters. The quantitative estimate of drug-likeness (QED) is 0.414. The molecule has 0 aliphatic rings. The lowest BCUT2D eigenvalue weighted by molar-refractivity contribution is 0.102. The van der Waals surface area contributed by atoms with E-state index in [-0.39, 0.29) is 5.91 Å². The molecule has 0 saturated heterocycles. The van der Waals surface area contributed by atoms with Gasteiger partial charge < -0.3 is 5.11 Å². The van der Waals surface area contributed by atoms with Gasteiger partial charge in [-0.25, -0.2) is 14.8 Å². The molecule has 0 atom stereocenters. The molecular formula is C20H18N4O3S. The number of nitrogens with zero attached hydrogens (tertiary/aromatic N) is 2. The van der Waals surface area contributed by atoms with Gasteiger partial charge in [-0.1, -0.05) is 30.3 Å². The number of thiazole rings is 1. The number of aromatic nitrogens is 1. The number of amides is 2. The van der Waals surface area contributed by atoms with Gasteiger partial charge in [0.1, 0.15) is 0 Å². The van der Waals surface area contributed by atoms with E-state index in [9.17, 15) is 9.59 Å². The lowest BCUT2D eigenvalue weighted by atomic mass is 10.1. The Hall–Kier alpha value is -3.52. The monoisotopic (exact) mass is 394 g/mol. The average Bonchev–Trinajstić information content (AvgIpc) is 3.15. The van der Waals surface area contributed by atoms with E-state index in [1.807, 2.05) is 47.8 Å². The standard InChI is InChI=1S/C20H18N4O3S/c25-18(15-4-2-1-3-5-15)24-19-23-17(12-28-19)11-8-14-6-9-16(10-7-14)21-13-22-20(26)27/h1-7,9-10,12-13H,8,11H2,(H,21,22)(H,26,27)(H,23,24,25). The number of hydrogen-bond acceptors (Lipinski definition) is 5. The summed E-state index contributed by atoms with van der Waals surface area (Å²) in [6.45, 7) is 0. The predicted molar refractivity (Wildman–Crippen MR) is 110 cm³/mol. The number of carbonyl (C=O) groups is 2.